The van der Waals surface area contributed by atoms with Crippen molar-refractivity contribution in [2.24, 2.45) is 0 Å². The molecule has 0 spiro atoms. The molecule has 0 aliphatic rings. The highest BCUT2D eigenvalue weighted by molar-refractivity contribution is 7.13. The summed E-state index contributed by atoms with van der Waals surface area (Å²) in [5.74, 6) is -0.204. The second-order valence-corrected chi connectivity index (χ2v) is 6.58. The van der Waals surface area contributed by atoms with Gasteiger partial charge in [0, 0.05) is 42.5 Å². The van der Waals surface area contributed by atoms with Crippen LogP contribution in [0.1, 0.15) is 18.2 Å². The molecule has 0 aliphatic carbocycles. The van der Waals surface area contributed by atoms with Crippen LogP contribution in [0.25, 0.3) is 10.6 Å². The van der Waals surface area contributed by atoms with Crippen molar-refractivity contribution in [3.05, 3.63) is 65.4 Å². The third kappa shape index (κ3) is 4.97. The van der Waals surface area contributed by atoms with Crippen molar-refractivity contribution in [2.45, 2.75) is 19.9 Å². The fourth-order valence-corrected chi connectivity index (χ4v) is 3.20. The molecule has 2 aromatic heterocycles. The smallest absolute Gasteiger partial charge is 0.226 e. The van der Waals surface area contributed by atoms with Crippen molar-refractivity contribution in [3.8, 4) is 10.6 Å². The number of anilines is 1. The number of amides is 2. The lowest BCUT2D eigenvalue weighted by Gasteiger charge is -2.04. The lowest BCUT2D eigenvalue weighted by Crippen LogP contribution is -2.24. The van der Waals surface area contributed by atoms with Crippen LogP contribution in [0.3, 0.4) is 0 Å². The zero-order valence-corrected chi connectivity index (χ0v) is 15.0. The average Bonchev–Trinajstić information content (AvgIpc) is 3.09. The molecule has 0 saturated heterocycles. The van der Waals surface area contributed by atoms with Gasteiger partial charge in [-0.15, -0.1) is 11.3 Å². The molecule has 2 N–H and O–H groups in total. The molecule has 2 heterocycles. The number of hydrogen-bond donors (Lipinski definition) is 2. The van der Waals surface area contributed by atoms with E-state index in [-0.39, 0.29) is 18.2 Å². The number of rotatable bonds is 6. The van der Waals surface area contributed by atoms with E-state index in [4.69, 9.17) is 0 Å². The molecule has 3 rings (SSSR count). The van der Waals surface area contributed by atoms with Crippen LogP contribution in [0.5, 0.6) is 0 Å². The molecule has 0 radical (unpaired) electrons. The highest BCUT2D eigenvalue weighted by Gasteiger charge is 2.10. The number of aromatic nitrogens is 2. The second-order valence-electron chi connectivity index (χ2n) is 5.72. The summed E-state index contributed by atoms with van der Waals surface area (Å²) in [5.41, 5.74) is 3.30. The Balaban J connectivity index is 1.61. The van der Waals surface area contributed by atoms with E-state index < -0.39 is 0 Å². The lowest BCUT2D eigenvalue weighted by atomic mass is 10.2. The van der Waals surface area contributed by atoms with Gasteiger partial charge in [0.05, 0.1) is 12.1 Å². The largest absolute Gasteiger partial charge is 0.352 e. The van der Waals surface area contributed by atoms with Gasteiger partial charge < -0.3 is 10.6 Å². The Morgan fingerprint density at radius 2 is 2.08 bits per heavy atom. The van der Waals surface area contributed by atoms with Crippen molar-refractivity contribution < 1.29 is 9.59 Å². The zero-order chi connectivity index (χ0) is 18.4. The molecule has 132 valence electrons. The quantitative estimate of drug-likeness (QED) is 0.702. The molecule has 7 heteroatoms. The molecule has 0 fully saturated rings. The first-order valence-electron chi connectivity index (χ1n) is 8.08. The molecule has 3 aromatic rings. The summed E-state index contributed by atoms with van der Waals surface area (Å²) in [5, 5.41) is 8.31. The summed E-state index contributed by atoms with van der Waals surface area (Å²) in [4.78, 5) is 31.8. The number of nitrogens with zero attached hydrogens (tertiary/aromatic N) is 2. The highest BCUT2D eigenvalue weighted by atomic mass is 32.1. The predicted octanol–water partition coefficient (Wildman–Crippen LogP) is 3.02. The Bertz CT molecular complexity index is 909. The van der Waals surface area contributed by atoms with Gasteiger partial charge in [0.2, 0.25) is 11.8 Å². The zero-order valence-electron chi connectivity index (χ0n) is 14.2. The van der Waals surface area contributed by atoms with Crippen LogP contribution in [0.2, 0.25) is 0 Å². The van der Waals surface area contributed by atoms with E-state index in [1.165, 1.54) is 18.3 Å². The number of benzene rings is 1. The Labute approximate surface area is 155 Å². The van der Waals surface area contributed by atoms with Gasteiger partial charge in [-0.1, -0.05) is 18.2 Å². The molecular formula is C19H18N4O2S. The van der Waals surface area contributed by atoms with Crippen molar-refractivity contribution in [1.82, 2.24) is 15.3 Å². The van der Waals surface area contributed by atoms with E-state index in [1.54, 1.807) is 12.4 Å². The molecule has 2 amide bonds. The number of thiazole rings is 1. The van der Waals surface area contributed by atoms with Crippen LogP contribution in [-0.4, -0.2) is 21.8 Å². The Morgan fingerprint density at radius 1 is 1.19 bits per heavy atom. The van der Waals surface area contributed by atoms with Gasteiger partial charge in [0.15, 0.2) is 0 Å². The molecule has 1 aromatic carbocycles. The lowest BCUT2D eigenvalue weighted by molar-refractivity contribution is -0.120. The summed E-state index contributed by atoms with van der Waals surface area (Å²) in [6.07, 6.45) is 3.65. The highest BCUT2D eigenvalue weighted by Crippen LogP contribution is 2.26. The monoisotopic (exact) mass is 366 g/mol. The van der Waals surface area contributed by atoms with Gasteiger partial charge in [-0.2, -0.15) is 0 Å². The fraction of sp³-hybridized carbons (Fsp3) is 0.158. The van der Waals surface area contributed by atoms with Crippen LogP contribution in [0, 0.1) is 0 Å². The predicted molar refractivity (Wildman–Crippen MR) is 102 cm³/mol. The molecule has 26 heavy (non-hydrogen) atoms. The minimum atomic E-state index is -0.118. The molecule has 0 unspecified atom stereocenters. The third-order valence-electron chi connectivity index (χ3n) is 3.54. The van der Waals surface area contributed by atoms with Crippen molar-refractivity contribution in [1.29, 1.82) is 0 Å². The topological polar surface area (TPSA) is 84.0 Å². The SMILES string of the molecule is CC(=O)Nc1cccc(-c2nc(CC(=O)NCc3cccnc3)cs2)c1. The maximum atomic E-state index is 12.1. The summed E-state index contributed by atoms with van der Waals surface area (Å²) in [6, 6.07) is 11.2. The maximum absolute atomic E-state index is 12.1. The third-order valence-corrected chi connectivity index (χ3v) is 4.48. The van der Waals surface area contributed by atoms with Gasteiger partial charge in [-0.05, 0) is 23.8 Å². The van der Waals surface area contributed by atoms with E-state index in [2.05, 4.69) is 20.6 Å². The van der Waals surface area contributed by atoms with E-state index >= 15 is 0 Å². The van der Waals surface area contributed by atoms with E-state index in [0.717, 1.165) is 27.5 Å². The molecule has 6 nitrogen and oxygen atoms in total. The van der Waals surface area contributed by atoms with E-state index in [9.17, 15) is 9.59 Å². The normalized spacial score (nSPS) is 10.3. The number of carbonyl (C=O) groups is 2. The van der Waals surface area contributed by atoms with Crippen LogP contribution in [0.4, 0.5) is 5.69 Å². The number of hydrogen-bond acceptors (Lipinski definition) is 5. The Morgan fingerprint density at radius 3 is 2.85 bits per heavy atom. The van der Waals surface area contributed by atoms with Crippen molar-refractivity contribution in [3.63, 3.8) is 0 Å². The maximum Gasteiger partial charge on any atom is 0.226 e. The standard InChI is InChI=1S/C19H18N4O2S/c1-13(24)22-16-6-2-5-15(8-16)19-23-17(12-26-19)9-18(25)21-11-14-4-3-7-20-10-14/h2-8,10,12H,9,11H2,1H3,(H,21,25)(H,22,24). The number of carbonyl (C=O) groups excluding carboxylic acids is 2. The van der Waals surface area contributed by atoms with Gasteiger partial charge in [0.25, 0.3) is 0 Å². The van der Waals surface area contributed by atoms with Gasteiger partial charge >= 0.3 is 0 Å². The minimum Gasteiger partial charge on any atom is -0.352 e. The fourth-order valence-electron chi connectivity index (χ4n) is 2.38. The number of nitrogens with one attached hydrogen (secondary N) is 2. The van der Waals surface area contributed by atoms with Crippen molar-refractivity contribution >= 4 is 28.8 Å². The Kier molecular flexibility index (Phi) is 5.70. The average molecular weight is 366 g/mol. The summed E-state index contributed by atoms with van der Waals surface area (Å²) in [7, 11) is 0. The van der Waals surface area contributed by atoms with E-state index in [0.29, 0.717) is 6.54 Å². The van der Waals surface area contributed by atoms with Crippen LogP contribution < -0.4 is 10.6 Å². The summed E-state index contributed by atoms with van der Waals surface area (Å²) >= 11 is 1.47. The van der Waals surface area contributed by atoms with Gasteiger partial charge in [0.1, 0.15) is 5.01 Å². The number of pyridine rings is 1. The second kappa shape index (κ2) is 8.35. The summed E-state index contributed by atoms with van der Waals surface area (Å²) in [6.45, 7) is 1.92. The van der Waals surface area contributed by atoms with Gasteiger partial charge in [-0.25, -0.2) is 4.98 Å². The van der Waals surface area contributed by atoms with Crippen LogP contribution >= 0.6 is 11.3 Å². The van der Waals surface area contributed by atoms with Gasteiger partial charge in [-0.3, -0.25) is 14.6 Å². The first-order chi connectivity index (χ1) is 12.6. The minimum absolute atomic E-state index is 0.0855. The van der Waals surface area contributed by atoms with Crippen LogP contribution in [-0.2, 0) is 22.6 Å². The molecule has 0 saturated carbocycles. The Hall–Kier alpha value is -3.06. The van der Waals surface area contributed by atoms with Crippen molar-refractivity contribution in [2.75, 3.05) is 5.32 Å². The molecule has 0 aliphatic heterocycles. The summed E-state index contributed by atoms with van der Waals surface area (Å²) < 4.78 is 0. The molecule has 0 bridgehead atoms. The van der Waals surface area contributed by atoms with E-state index in [1.807, 2.05) is 41.8 Å². The molecular weight excluding hydrogens is 348 g/mol. The first-order valence-corrected chi connectivity index (χ1v) is 8.96. The first kappa shape index (κ1) is 17.8. The molecule has 0 atom stereocenters. The van der Waals surface area contributed by atoms with Crippen LogP contribution in [0.15, 0.2) is 54.2 Å².